The van der Waals surface area contributed by atoms with Crippen LogP contribution in [0.4, 0.5) is 0 Å². The van der Waals surface area contributed by atoms with Crippen LogP contribution in [0.5, 0.6) is 0 Å². The molecule has 0 saturated heterocycles. The quantitative estimate of drug-likeness (QED) is 0.892. The Balaban J connectivity index is 2.16. The molecule has 0 unspecified atom stereocenters. The molecule has 1 atom stereocenters. The Labute approximate surface area is 132 Å². The van der Waals surface area contributed by atoms with E-state index in [-0.39, 0.29) is 11.9 Å². The zero-order chi connectivity index (χ0) is 15.9. The van der Waals surface area contributed by atoms with Gasteiger partial charge in [-0.1, -0.05) is 30.3 Å². The molecule has 0 bridgehead atoms. The number of carbonyl (C=O) groups is 1. The lowest BCUT2D eigenvalue weighted by Gasteiger charge is -2.21. The monoisotopic (exact) mass is 297 g/mol. The second kappa shape index (κ2) is 7.71. The first kappa shape index (κ1) is 16.2. The summed E-state index contributed by atoms with van der Waals surface area (Å²) in [6.07, 6.45) is 2.56. The summed E-state index contributed by atoms with van der Waals surface area (Å²) in [5.74, 6) is -0.0711. The highest BCUT2D eigenvalue weighted by Crippen LogP contribution is 2.18. The van der Waals surface area contributed by atoms with E-state index in [2.05, 4.69) is 27.3 Å². The van der Waals surface area contributed by atoms with Crippen LogP contribution < -0.4 is 5.32 Å². The minimum absolute atomic E-state index is 0.00398. The van der Waals surface area contributed by atoms with E-state index in [9.17, 15) is 4.79 Å². The predicted octanol–water partition coefficient (Wildman–Crippen LogP) is 2.81. The van der Waals surface area contributed by atoms with Crippen LogP contribution in [0.3, 0.4) is 0 Å². The van der Waals surface area contributed by atoms with Crippen molar-refractivity contribution in [3.05, 3.63) is 65.5 Å². The van der Waals surface area contributed by atoms with Gasteiger partial charge < -0.3 is 10.2 Å². The van der Waals surface area contributed by atoms with Crippen LogP contribution in [0.2, 0.25) is 0 Å². The average molecular weight is 297 g/mol. The first-order chi connectivity index (χ1) is 10.6. The minimum atomic E-state index is -0.0711. The third-order valence-corrected chi connectivity index (χ3v) is 3.62. The normalized spacial score (nSPS) is 12.2. The van der Waals surface area contributed by atoms with Crippen LogP contribution in [0, 0.1) is 6.92 Å². The van der Waals surface area contributed by atoms with Crippen molar-refractivity contribution in [3.63, 3.8) is 0 Å². The molecule has 0 spiro atoms. The van der Waals surface area contributed by atoms with E-state index in [0.717, 1.165) is 24.2 Å². The fourth-order valence-electron chi connectivity index (χ4n) is 2.36. The maximum atomic E-state index is 12.5. The fourth-order valence-corrected chi connectivity index (χ4v) is 2.36. The van der Waals surface area contributed by atoms with Gasteiger partial charge in [-0.15, -0.1) is 0 Å². The van der Waals surface area contributed by atoms with Gasteiger partial charge in [-0.3, -0.25) is 9.78 Å². The molecule has 1 aromatic carbocycles. The number of aryl methyl sites for hydroxylation is 1. The van der Waals surface area contributed by atoms with Crippen molar-refractivity contribution in [2.45, 2.75) is 19.4 Å². The van der Waals surface area contributed by atoms with E-state index < -0.39 is 0 Å². The Morgan fingerprint density at radius 2 is 1.91 bits per heavy atom. The van der Waals surface area contributed by atoms with E-state index >= 15 is 0 Å². The van der Waals surface area contributed by atoms with E-state index in [1.807, 2.05) is 45.3 Å². The molecule has 0 aliphatic rings. The largest absolute Gasteiger partial charge is 0.345 e. The molecule has 1 N–H and O–H groups in total. The fraction of sp³-hybridized carbons (Fsp3) is 0.333. The van der Waals surface area contributed by atoms with Crippen molar-refractivity contribution < 1.29 is 4.79 Å². The molecular formula is C18H23N3O. The van der Waals surface area contributed by atoms with Gasteiger partial charge in [0.05, 0.1) is 11.6 Å². The molecule has 4 heteroatoms. The van der Waals surface area contributed by atoms with Crippen LogP contribution in [0.25, 0.3) is 0 Å². The molecule has 2 aromatic rings. The van der Waals surface area contributed by atoms with Gasteiger partial charge in [0.15, 0.2) is 0 Å². The van der Waals surface area contributed by atoms with Gasteiger partial charge in [-0.25, -0.2) is 0 Å². The number of nitrogens with one attached hydrogen (secondary N) is 1. The van der Waals surface area contributed by atoms with Crippen molar-refractivity contribution in [1.82, 2.24) is 15.2 Å². The van der Waals surface area contributed by atoms with Crippen LogP contribution >= 0.6 is 0 Å². The predicted molar refractivity (Wildman–Crippen MR) is 88.8 cm³/mol. The van der Waals surface area contributed by atoms with Crippen molar-refractivity contribution in [3.8, 4) is 0 Å². The second-order valence-corrected chi connectivity index (χ2v) is 5.67. The molecule has 0 fully saturated rings. The zero-order valence-electron chi connectivity index (χ0n) is 13.4. The third kappa shape index (κ3) is 4.40. The molecule has 2 rings (SSSR count). The van der Waals surface area contributed by atoms with Crippen LogP contribution in [-0.2, 0) is 0 Å². The van der Waals surface area contributed by atoms with Crippen molar-refractivity contribution in [1.29, 1.82) is 0 Å². The highest BCUT2D eigenvalue weighted by Gasteiger charge is 2.17. The molecule has 1 aromatic heterocycles. The lowest BCUT2D eigenvalue weighted by atomic mass is 10.0. The number of benzene rings is 1. The highest BCUT2D eigenvalue weighted by atomic mass is 16.1. The molecule has 0 aliphatic carbocycles. The van der Waals surface area contributed by atoms with Crippen LogP contribution in [-0.4, -0.2) is 36.4 Å². The summed E-state index contributed by atoms with van der Waals surface area (Å²) in [5, 5.41) is 3.14. The summed E-state index contributed by atoms with van der Waals surface area (Å²) in [6.45, 7) is 2.76. The molecule has 22 heavy (non-hydrogen) atoms. The summed E-state index contributed by atoms with van der Waals surface area (Å²) in [6, 6.07) is 13.7. The number of rotatable bonds is 6. The van der Waals surface area contributed by atoms with Crippen LogP contribution in [0.1, 0.15) is 34.1 Å². The number of nitrogens with zero attached hydrogens (tertiary/aromatic N) is 2. The maximum absolute atomic E-state index is 12.5. The SMILES string of the molecule is Cc1ncccc1C(=O)N[C@H](CCN(C)C)c1ccccc1. The van der Waals surface area contributed by atoms with E-state index in [1.165, 1.54) is 0 Å². The van der Waals surface area contributed by atoms with Gasteiger partial charge in [0.2, 0.25) is 0 Å². The number of pyridine rings is 1. The number of aromatic nitrogens is 1. The van der Waals surface area contributed by atoms with Crippen LogP contribution in [0.15, 0.2) is 48.7 Å². The first-order valence-corrected chi connectivity index (χ1v) is 7.50. The molecular weight excluding hydrogens is 274 g/mol. The van der Waals surface area contributed by atoms with Gasteiger partial charge in [-0.05, 0) is 51.7 Å². The topological polar surface area (TPSA) is 45.2 Å². The van der Waals surface area contributed by atoms with Gasteiger partial charge in [-0.2, -0.15) is 0 Å². The Morgan fingerprint density at radius 1 is 1.18 bits per heavy atom. The molecule has 0 radical (unpaired) electrons. The van der Waals surface area contributed by atoms with Gasteiger partial charge in [0.1, 0.15) is 0 Å². The van der Waals surface area contributed by atoms with Gasteiger partial charge in [0.25, 0.3) is 5.91 Å². The highest BCUT2D eigenvalue weighted by molar-refractivity contribution is 5.95. The molecule has 0 aliphatic heterocycles. The summed E-state index contributed by atoms with van der Waals surface area (Å²) < 4.78 is 0. The smallest absolute Gasteiger partial charge is 0.253 e. The molecule has 1 amide bonds. The Kier molecular flexibility index (Phi) is 5.67. The molecule has 1 heterocycles. The standard InChI is InChI=1S/C18H23N3O/c1-14-16(10-7-12-19-14)18(22)20-17(11-13-21(2)3)15-8-5-4-6-9-15/h4-10,12,17H,11,13H2,1-3H3,(H,20,22)/t17-/m1/s1. The first-order valence-electron chi connectivity index (χ1n) is 7.50. The second-order valence-electron chi connectivity index (χ2n) is 5.67. The van der Waals surface area contributed by atoms with E-state index in [0.29, 0.717) is 5.56 Å². The average Bonchev–Trinajstić information content (AvgIpc) is 2.52. The molecule has 116 valence electrons. The zero-order valence-corrected chi connectivity index (χ0v) is 13.4. The number of hydrogen-bond donors (Lipinski definition) is 1. The van der Waals surface area contributed by atoms with Gasteiger partial charge in [0, 0.05) is 11.9 Å². The summed E-state index contributed by atoms with van der Waals surface area (Å²) in [7, 11) is 4.07. The van der Waals surface area contributed by atoms with E-state index in [4.69, 9.17) is 0 Å². The van der Waals surface area contributed by atoms with Crippen molar-refractivity contribution in [2.24, 2.45) is 0 Å². The minimum Gasteiger partial charge on any atom is -0.345 e. The van der Waals surface area contributed by atoms with E-state index in [1.54, 1.807) is 12.3 Å². The number of carbonyl (C=O) groups excluding carboxylic acids is 1. The Bertz CT molecular complexity index is 611. The number of hydrogen-bond acceptors (Lipinski definition) is 3. The third-order valence-electron chi connectivity index (χ3n) is 3.62. The number of amides is 1. The van der Waals surface area contributed by atoms with Gasteiger partial charge >= 0.3 is 0 Å². The summed E-state index contributed by atoms with van der Waals surface area (Å²) in [5.41, 5.74) is 2.51. The van der Waals surface area contributed by atoms with Crippen molar-refractivity contribution >= 4 is 5.91 Å². The lowest BCUT2D eigenvalue weighted by molar-refractivity contribution is 0.0931. The summed E-state index contributed by atoms with van der Waals surface area (Å²) >= 11 is 0. The van der Waals surface area contributed by atoms with Crippen molar-refractivity contribution in [2.75, 3.05) is 20.6 Å². The maximum Gasteiger partial charge on any atom is 0.253 e. The molecule has 4 nitrogen and oxygen atoms in total. The summed E-state index contributed by atoms with van der Waals surface area (Å²) in [4.78, 5) is 18.8. The Morgan fingerprint density at radius 3 is 2.55 bits per heavy atom. The molecule has 0 saturated carbocycles. The lowest BCUT2D eigenvalue weighted by Crippen LogP contribution is -2.31. The Hall–Kier alpha value is -2.20.